The number of nitrogens with one attached hydrogen (secondary N) is 1. The number of alkyl carbamates (subject to hydrolysis) is 1. The minimum absolute atomic E-state index is 0.1000. The van der Waals surface area contributed by atoms with Gasteiger partial charge in [0.05, 0.1) is 20.3 Å². The summed E-state index contributed by atoms with van der Waals surface area (Å²) in [4.78, 5) is 22.9. The van der Waals surface area contributed by atoms with E-state index in [2.05, 4.69) is 5.32 Å². The molecule has 0 radical (unpaired) electrons. The molecule has 0 spiro atoms. The van der Waals surface area contributed by atoms with Crippen molar-refractivity contribution < 1.29 is 23.8 Å². The standard InChI is InChI=1S/C16H23NO5/c1-16(2,3)22-15(19)17-13(8-9-18)12-10-11(20-4)6-7-14(12)21-5/h6-7,9-10,13H,8H2,1-5H3,(H,17,19)/t13-/m1/s1. The van der Waals surface area contributed by atoms with Crippen molar-refractivity contribution in [2.45, 2.75) is 38.8 Å². The van der Waals surface area contributed by atoms with Crippen LogP contribution in [0.5, 0.6) is 11.5 Å². The molecule has 0 saturated heterocycles. The molecule has 1 atom stereocenters. The fourth-order valence-electron chi connectivity index (χ4n) is 1.92. The van der Waals surface area contributed by atoms with Crippen molar-refractivity contribution in [2.75, 3.05) is 14.2 Å². The van der Waals surface area contributed by atoms with Crippen LogP contribution in [0, 0.1) is 0 Å². The number of benzene rings is 1. The van der Waals surface area contributed by atoms with E-state index >= 15 is 0 Å². The number of ether oxygens (including phenoxy) is 3. The molecule has 1 amide bonds. The van der Waals surface area contributed by atoms with Gasteiger partial charge < -0.3 is 24.3 Å². The monoisotopic (exact) mass is 309 g/mol. The lowest BCUT2D eigenvalue weighted by molar-refractivity contribution is -0.108. The lowest BCUT2D eigenvalue weighted by Gasteiger charge is -2.24. The van der Waals surface area contributed by atoms with Crippen LogP contribution < -0.4 is 14.8 Å². The van der Waals surface area contributed by atoms with Crippen molar-refractivity contribution in [2.24, 2.45) is 0 Å². The van der Waals surface area contributed by atoms with Crippen molar-refractivity contribution in [1.29, 1.82) is 0 Å². The number of carbonyl (C=O) groups excluding carboxylic acids is 2. The van der Waals surface area contributed by atoms with Gasteiger partial charge in [0.15, 0.2) is 0 Å². The minimum atomic E-state index is -0.617. The van der Waals surface area contributed by atoms with E-state index in [4.69, 9.17) is 14.2 Å². The maximum absolute atomic E-state index is 12.0. The summed E-state index contributed by atoms with van der Waals surface area (Å²) in [6.45, 7) is 5.31. The second-order valence-electron chi connectivity index (χ2n) is 5.71. The van der Waals surface area contributed by atoms with Crippen LogP contribution in [0.4, 0.5) is 4.79 Å². The molecule has 1 rings (SSSR count). The number of rotatable bonds is 6. The Morgan fingerprint density at radius 3 is 2.45 bits per heavy atom. The zero-order valence-electron chi connectivity index (χ0n) is 13.6. The molecule has 1 aromatic rings. The molecule has 0 aliphatic heterocycles. The van der Waals surface area contributed by atoms with E-state index in [1.54, 1.807) is 46.1 Å². The van der Waals surface area contributed by atoms with E-state index in [1.807, 2.05) is 0 Å². The van der Waals surface area contributed by atoms with Crippen LogP contribution in [0.25, 0.3) is 0 Å². The topological polar surface area (TPSA) is 73.9 Å². The van der Waals surface area contributed by atoms with Crippen LogP contribution in [0.15, 0.2) is 18.2 Å². The molecule has 0 bridgehead atoms. The molecule has 0 fully saturated rings. The Kier molecular flexibility index (Phi) is 6.22. The van der Waals surface area contributed by atoms with Crippen molar-refractivity contribution in [3.05, 3.63) is 23.8 Å². The van der Waals surface area contributed by atoms with Gasteiger partial charge in [0.2, 0.25) is 0 Å². The first-order valence-electron chi connectivity index (χ1n) is 6.95. The first kappa shape index (κ1) is 17.8. The predicted octanol–water partition coefficient (Wildman–Crippen LogP) is 2.86. The molecular formula is C16H23NO5. The molecule has 0 aromatic heterocycles. The van der Waals surface area contributed by atoms with Gasteiger partial charge in [0, 0.05) is 12.0 Å². The van der Waals surface area contributed by atoms with Crippen LogP contribution in [0.1, 0.15) is 38.8 Å². The predicted molar refractivity (Wildman–Crippen MR) is 82.3 cm³/mol. The molecule has 6 heteroatoms. The third kappa shape index (κ3) is 5.27. The number of hydrogen-bond acceptors (Lipinski definition) is 5. The van der Waals surface area contributed by atoms with Crippen molar-refractivity contribution in [3.63, 3.8) is 0 Å². The van der Waals surface area contributed by atoms with E-state index in [9.17, 15) is 9.59 Å². The van der Waals surface area contributed by atoms with Crippen molar-refractivity contribution in [3.8, 4) is 11.5 Å². The highest BCUT2D eigenvalue weighted by atomic mass is 16.6. The number of methoxy groups -OCH3 is 2. The van der Waals surface area contributed by atoms with Crippen molar-refractivity contribution >= 4 is 12.4 Å². The molecule has 122 valence electrons. The summed E-state index contributed by atoms with van der Waals surface area (Å²) in [7, 11) is 3.07. The van der Waals surface area contributed by atoms with E-state index < -0.39 is 17.7 Å². The highest BCUT2D eigenvalue weighted by Crippen LogP contribution is 2.31. The number of aldehydes is 1. The number of hydrogen-bond donors (Lipinski definition) is 1. The summed E-state index contributed by atoms with van der Waals surface area (Å²) in [6, 6.07) is 4.64. The normalized spacial score (nSPS) is 12.2. The van der Waals surface area contributed by atoms with Crippen LogP contribution in [-0.2, 0) is 9.53 Å². The van der Waals surface area contributed by atoms with Gasteiger partial charge in [-0.05, 0) is 39.0 Å². The Bertz CT molecular complexity index is 522. The summed E-state index contributed by atoms with van der Waals surface area (Å²) in [5.74, 6) is 1.17. The van der Waals surface area contributed by atoms with Crippen LogP contribution in [-0.4, -0.2) is 32.2 Å². The summed E-state index contributed by atoms with van der Waals surface area (Å²) in [5.41, 5.74) is 0.0358. The summed E-state index contributed by atoms with van der Waals surface area (Å²) < 4.78 is 15.7. The molecule has 0 aliphatic carbocycles. The molecule has 6 nitrogen and oxygen atoms in total. The zero-order valence-corrected chi connectivity index (χ0v) is 13.6. The van der Waals surface area contributed by atoms with E-state index in [0.717, 1.165) is 6.29 Å². The first-order valence-corrected chi connectivity index (χ1v) is 6.95. The van der Waals surface area contributed by atoms with Gasteiger partial charge in [0.25, 0.3) is 0 Å². The summed E-state index contributed by atoms with van der Waals surface area (Å²) >= 11 is 0. The fourth-order valence-corrected chi connectivity index (χ4v) is 1.92. The smallest absolute Gasteiger partial charge is 0.408 e. The highest BCUT2D eigenvalue weighted by molar-refractivity contribution is 5.69. The SMILES string of the molecule is COc1ccc(OC)c([C@@H](CC=O)NC(=O)OC(C)(C)C)c1. The molecule has 22 heavy (non-hydrogen) atoms. The van der Waals surface area contributed by atoms with Gasteiger partial charge in [0.1, 0.15) is 23.4 Å². The molecule has 0 saturated carbocycles. The molecular weight excluding hydrogens is 286 g/mol. The largest absolute Gasteiger partial charge is 0.497 e. The average molecular weight is 309 g/mol. The molecule has 0 heterocycles. The molecule has 1 N–H and O–H groups in total. The van der Waals surface area contributed by atoms with Gasteiger partial charge in [-0.25, -0.2) is 4.79 Å². The second-order valence-corrected chi connectivity index (χ2v) is 5.71. The van der Waals surface area contributed by atoms with Crippen LogP contribution >= 0.6 is 0 Å². The van der Waals surface area contributed by atoms with Gasteiger partial charge in [-0.2, -0.15) is 0 Å². The summed E-state index contributed by atoms with van der Waals surface area (Å²) in [6.07, 6.45) is 0.244. The van der Waals surface area contributed by atoms with Crippen LogP contribution in [0.3, 0.4) is 0 Å². The average Bonchev–Trinajstić information content (AvgIpc) is 2.44. The first-order chi connectivity index (χ1) is 10.3. The molecule has 0 unspecified atom stereocenters. The number of amides is 1. The third-order valence-electron chi connectivity index (χ3n) is 2.84. The Labute approximate surface area is 130 Å². The molecule has 0 aliphatic rings. The molecule has 1 aromatic carbocycles. The zero-order chi connectivity index (χ0) is 16.8. The van der Waals surface area contributed by atoms with Gasteiger partial charge >= 0.3 is 6.09 Å². The Morgan fingerprint density at radius 1 is 1.27 bits per heavy atom. The van der Waals surface area contributed by atoms with E-state index in [-0.39, 0.29) is 6.42 Å². The number of carbonyl (C=O) groups is 2. The summed E-state index contributed by atoms with van der Waals surface area (Å²) in [5, 5.41) is 2.69. The van der Waals surface area contributed by atoms with Gasteiger partial charge in [-0.3, -0.25) is 0 Å². The van der Waals surface area contributed by atoms with Gasteiger partial charge in [-0.1, -0.05) is 0 Å². The Hall–Kier alpha value is -2.24. The Balaban J connectivity index is 3.04. The highest BCUT2D eigenvalue weighted by Gasteiger charge is 2.23. The Morgan fingerprint density at radius 2 is 1.95 bits per heavy atom. The maximum atomic E-state index is 12.0. The maximum Gasteiger partial charge on any atom is 0.408 e. The van der Waals surface area contributed by atoms with Gasteiger partial charge in [-0.15, -0.1) is 0 Å². The van der Waals surface area contributed by atoms with Crippen LogP contribution in [0.2, 0.25) is 0 Å². The third-order valence-corrected chi connectivity index (χ3v) is 2.84. The van der Waals surface area contributed by atoms with Crippen molar-refractivity contribution in [1.82, 2.24) is 5.32 Å². The van der Waals surface area contributed by atoms with E-state index in [0.29, 0.717) is 17.1 Å². The quantitative estimate of drug-likeness (QED) is 0.818. The fraction of sp³-hybridized carbons (Fsp3) is 0.500. The second kappa shape index (κ2) is 7.68. The minimum Gasteiger partial charge on any atom is -0.497 e. The lowest BCUT2D eigenvalue weighted by atomic mass is 10.0. The lowest BCUT2D eigenvalue weighted by Crippen LogP contribution is -2.35. The van der Waals surface area contributed by atoms with E-state index in [1.165, 1.54) is 7.11 Å².